The Morgan fingerprint density at radius 2 is 1.75 bits per heavy atom. The molecular weight excluding hydrogens is 175 g/mol. The predicted molar refractivity (Wildman–Crippen MR) is 35.7 cm³/mol. The van der Waals surface area contributed by atoms with Gasteiger partial charge in [-0.05, 0) is 19.0 Å². The molecule has 1 aliphatic rings. The van der Waals surface area contributed by atoms with E-state index >= 15 is 0 Å². The lowest BCUT2D eigenvalue weighted by atomic mass is 10.1. The van der Waals surface area contributed by atoms with Crippen molar-refractivity contribution >= 4 is 5.97 Å². The normalized spacial score (nSPS) is 17.3. The average molecular weight is 185 g/mol. The number of aliphatic carboxylic acids is 1. The maximum atomic E-state index is 10.6. The summed E-state index contributed by atoms with van der Waals surface area (Å²) in [5.41, 5.74) is 0. The molecule has 3 nitrogen and oxygen atoms in total. The van der Waals surface area contributed by atoms with Crippen LogP contribution in [0, 0.1) is 5.92 Å². The lowest BCUT2D eigenvalue weighted by molar-refractivity contribution is -0.192. The van der Waals surface area contributed by atoms with Crippen molar-refractivity contribution in [1.29, 1.82) is 0 Å². The van der Waals surface area contributed by atoms with E-state index in [0.717, 1.165) is 5.92 Å². The Kier molecular flexibility index (Phi) is 4.02. The third-order valence-electron chi connectivity index (χ3n) is 1.23. The predicted octanol–water partition coefficient (Wildman–Crippen LogP) is 0.859. The first kappa shape index (κ1) is 11.2. The number of halogens is 3. The molecule has 1 heterocycles. The topological polar surface area (TPSA) is 49.3 Å². The summed E-state index contributed by atoms with van der Waals surface area (Å²) in [6.45, 7) is 4.72. The van der Waals surface area contributed by atoms with Gasteiger partial charge in [-0.25, -0.2) is 4.79 Å². The van der Waals surface area contributed by atoms with E-state index in [0.29, 0.717) is 0 Å². The number of carbonyl (C=O) groups is 1. The molecule has 1 fully saturated rings. The van der Waals surface area contributed by atoms with Crippen molar-refractivity contribution in [3.05, 3.63) is 0 Å². The number of hydrogen-bond acceptors (Lipinski definition) is 2. The fourth-order valence-corrected chi connectivity index (χ4v) is 0.433. The standard InChI is InChI=1S/C4H9N.C2HF3O2/c1-4-2-5-3-4;3-2(4,5)1(6)7/h4-5H,2-3H2,1H3;(H,6,7). The number of carboxylic acid groups (broad SMARTS) is 1. The first-order valence-corrected chi connectivity index (χ1v) is 3.35. The van der Waals surface area contributed by atoms with Gasteiger partial charge in [0, 0.05) is 0 Å². The number of rotatable bonds is 0. The summed E-state index contributed by atoms with van der Waals surface area (Å²) >= 11 is 0. The maximum Gasteiger partial charge on any atom is 0.490 e. The monoisotopic (exact) mass is 185 g/mol. The third kappa shape index (κ3) is 4.95. The van der Waals surface area contributed by atoms with Crippen LogP contribution >= 0.6 is 0 Å². The fourth-order valence-electron chi connectivity index (χ4n) is 0.433. The second kappa shape index (κ2) is 4.30. The van der Waals surface area contributed by atoms with Crippen LogP contribution in [0.5, 0.6) is 0 Å². The molecular formula is C6H10F3NO2. The van der Waals surface area contributed by atoms with Gasteiger partial charge in [-0.3, -0.25) is 0 Å². The molecule has 1 aliphatic heterocycles. The van der Waals surface area contributed by atoms with Crippen LogP contribution < -0.4 is 5.32 Å². The third-order valence-corrected chi connectivity index (χ3v) is 1.23. The van der Waals surface area contributed by atoms with Gasteiger partial charge in [0.1, 0.15) is 0 Å². The van der Waals surface area contributed by atoms with Crippen molar-refractivity contribution in [2.75, 3.05) is 13.1 Å². The van der Waals surface area contributed by atoms with Gasteiger partial charge in [-0.15, -0.1) is 0 Å². The zero-order chi connectivity index (χ0) is 9.78. The van der Waals surface area contributed by atoms with Gasteiger partial charge in [-0.2, -0.15) is 13.2 Å². The smallest absolute Gasteiger partial charge is 0.475 e. The van der Waals surface area contributed by atoms with Crippen LogP contribution in [0.3, 0.4) is 0 Å². The van der Waals surface area contributed by atoms with Gasteiger partial charge >= 0.3 is 12.1 Å². The van der Waals surface area contributed by atoms with Crippen molar-refractivity contribution < 1.29 is 23.1 Å². The van der Waals surface area contributed by atoms with Crippen LogP contribution in [0.4, 0.5) is 13.2 Å². The molecule has 0 aromatic carbocycles. The van der Waals surface area contributed by atoms with Crippen molar-refractivity contribution in [3.8, 4) is 0 Å². The Morgan fingerprint density at radius 3 is 1.75 bits per heavy atom. The molecule has 0 spiro atoms. The molecule has 0 radical (unpaired) electrons. The molecule has 0 aromatic rings. The summed E-state index contributed by atoms with van der Waals surface area (Å²) in [6, 6.07) is 0. The minimum absolute atomic E-state index is 0.954. The SMILES string of the molecule is CC1CNC1.O=C(O)C(F)(F)F. The Balaban J connectivity index is 0.000000211. The Morgan fingerprint density at radius 1 is 1.50 bits per heavy atom. The Labute approximate surface area is 67.6 Å². The molecule has 0 amide bonds. The lowest BCUT2D eigenvalue weighted by Crippen LogP contribution is -2.39. The Bertz CT molecular complexity index is 153. The van der Waals surface area contributed by atoms with E-state index in [1.165, 1.54) is 13.1 Å². The highest BCUT2D eigenvalue weighted by Gasteiger charge is 2.38. The van der Waals surface area contributed by atoms with Crippen LogP contribution in [0.15, 0.2) is 0 Å². The Hall–Kier alpha value is -0.780. The van der Waals surface area contributed by atoms with E-state index in [4.69, 9.17) is 9.90 Å². The van der Waals surface area contributed by atoms with Gasteiger partial charge < -0.3 is 10.4 Å². The van der Waals surface area contributed by atoms with Crippen molar-refractivity contribution in [2.24, 2.45) is 5.92 Å². The zero-order valence-electron chi connectivity index (χ0n) is 6.48. The summed E-state index contributed by atoms with van der Waals surface area (Å²) in [4.78, 5) is 8.90. The molecule has 0 aromatic heterocycles. The fraction of sp³-hybridized carbons (Fsp3) is 0.833. The van der Waals surface area contributed by atoms with Gasteiger partial charge in [0.2, 0.25) is 0 Å². The van der Waals surface area contributed by atoms with Crippen LogP contribution in [0.1, 0.15) is 6.92 Å². The van der Waals surface area contributed by atoms with Crippen LogP contribution in [0.25, 0.3) is 0 Å². The van der Waals surface area contributed by atoms with E-state index in [-0.39, 0.29) is 0 Å². The highest BCUT2D eigenvalue weighted by atomic mass is 19.4. The number of alkyl halides is 3. The van der Waals surface area contributed by atoms with Crippen LogP contribution in [0.2, 0.25) is 0 Å². The summed E-state index contributed by atoms with van der Waals surface area (Å²) in [6.07, 6.45) is -5.08. The van der Waals surface area contributed by atoms with E-state index in [2.05, 4.69) is 12.2 Å². The van der Waals surface area contributed by atoms with Crippen LogP contribution in [-0.2, 0) is 4.79 Å². The first-order chi connectivity index (χ1) is 5.34. The molecule has 0 unspecified atom stereocenters. The summed E-state index contributed by atoms with van der Waals surface area (Å²) in [5, 5.41) is 10.3. The number of carboxylic acids is 1. The summed E-state index contributed by atoms with van der Waals surface area (Å²) in [5.74, 6) is -1.80. The minimum atomic E-state index is -5.08. The van der Waals surface area contributed by atoms with Crippen molar-refractivity contribution in [1.82, 2.24) is 5.32 Å². The zero-order valence-corrected chi connectivity index (χ0v) is 6.48. The van der Waals surface area contributed by atoms with Gasteiger partial charge in [0.05, 0.1) is 0 Å². The number of nitrogens with one attached hydrogen (secondary N) is 1. The highest BCUT2D eigenvalue weighted by molar-refractivity contribution is 5.73. The van der Waals surface area contributed by atoms with Crippen LogP contribution in [-0.4, -0.2) is 30.3 Å². The summed E-state index contributed by atoms with van der Waals surface area (Å²) in [7, 11) is 0. The molecule has 2 N–H and O–H groups in total. The molecule has 1 rings (SSSR count). The van der Waals surface area contributed by atoms with Gasteiger partial charge in [0.15, 0.2) is 0 Å². The maximum absolute atomic E-state index is 10.6. The van der Waals surface area contributed by atoms with Gasteiger partial charge in [0.25, 0.3) is 0 Å². The van der Waals surface area contributed by atoms with Crippen molar-refractivity contribution in [2.45, 2.75) is 13.1 Å². The molecule has 0 saturated carbocycles. The molecule has 12 heavy (non-hydrogen) atoms. The quantitative estimate of drug-likeness (QED) is 0.588. The number of hydrogen-bond donors (Lipinski definition) is 2. The molecule has 0 atom stereocenters. The lowest BCUT2D eigenvalue weighted by Gasteiger charge is -2.21. The highest BCUT2D eigenvalue weighted by Crippen LogP contribution is 2.13. The second-order valence-electron chi connectivity index (χ2n) is 2.57. The summed E-state index contributed by atoms with van der Waals surface area (Å²) < 4.78 is 31.7. The largest absolute Gasteiger partial charge is 0.490 e. The van der Waals surface area contributed by atoms with E-state index in [1.54, 1.807) is 0 Å². The van der Waals surface area contributed by atoms with Gasteiger partial charge in [-0.1, -0.05) is 6.92 Å². The first-order valence-electron chi connectivity index (χ1n) is 3.35. The van der Waals surface area contributed by atoms with E-state index < -0.39 is 12.1 Å². The van der Waals surface area contributed by atoms with Crippen molar-refractivity contribution in [3.63, 3.8) is 0 Å². The van der Waals surface area contributed by atoms with E-state index in [1.807, 2.05) is 0 Å². The average Bonchev–Trinajstić information content (AvgIpc) is 1.83. The molecule has 6 heteroatoms. The molecule has 0 aliphatic carbocycles. The second-order valence-corrected chi connectivity index (χ2v) is 2.57. The van der Waals surface area contributed by atoms with E-state index in [9.17, 15) is 13.2 Å². The molecule has 1 saturated heterocycles. The minimum Gasteiger partial charge on any atom is -0.475 e. The molecule has 0 bridgehead atoms. The molecule has 72 valence electrons.